The molecule has 3 aromatic rings. The van der Waals surface area contributed by atoms with Gasteiger partial charge in [0.05, 0.1) is 13.3 Å². The summed E-state index contributed by atoms with van der Waals surface area (Å²) in [5.41, 5.74) is 3.76. The zero-order valence-corrected chi connectivity index (χ0v) is 16.8. The van der Waals surface area contributed by atoms with Crippen molar-refractivity contribution in [2.75, 3.05) is 7.11 Å². The normalized spacial score (nSPS) is 11.1. The third-order valence-corrected chi connectivity index (χ3v) is 4.85. The van der Waals surface area contributed by atoms with Crippen molar-refractivity contribution in [2.24, 2.45) is 5.10 Å². The topological polar surface area (TPSA) is 64.4 Å². The number of hydrogen-bond donors (Lipinski definition) is 1. The summed E-state index contributed by atoms with van der Waals surface area (Å²) in [6.45, 7) is 4.28. The zero-order valence-electron chi connectivity index (χ0n) is 15.2. The van der Waals surface area contributed by atoms with E-state index in [1.807, 2.05) is 44.2 Å². The minimum absolute atomic E-state index is 0.358. The van der Waals surface area contributed by atoms with E-state index in [1.54, 1.807) is 13.3 Å². The second-order valence-corrected chi connectivity index (χ2v) is 6.75. The molecule has 0 aliphatic rings. The number of halogens is 1. The lowest BCUT2D eigenvalue weighted by molar-refractivity contribution is 0.296. The summed E-state index contributed by atoms with van der Waals surface area (Å²) in [5.74, 6) is 1.51. The van der Waals surface area contributed by atoms with Crippen LogP contribution in [0.25, 0.3) is 0 Å². The largest absolute Gasteiger partial charge is 0.496 e. The number of aromatic amines is 1. The number of aryl methyl sites for hydroxylation is 2. The van der Waals surface area contributed by atoms with Crippen LogP contribution in [0.2, 0.25) is 5.02 Å². The van der Waals surface area contributed by atoms with Gasteiger partial charge in [0.15, 0.2) is 0 Å². The van der Waals surface area contributed by atoms with Gasteiger partial charge in [0.25, 0.3) is 0 Å². The molecule has 1 N–H and O–H groups in total. The van der Waals surface area contributed by atoms with Crippen LogP contribution in [0.1, 0.15) is 22.3 Å². The Morgan fingerprint density at radius 2 is 2.00 bits per heavy atom. The van der Waals surface area contributed by atoms with E-state index in [0.717, 1.165) is 38.8 Å². The van der Waals surface area contributed by atoms with Crippen LogP contribution in [0.15, 0.2) is 41.8 Å². The van der Waals surface area contributed by atoms with E-state index in [0.29, 0.717) is 11.4 Å². The van der Waals surface area contributed by atoms with Gasteiger partial charge in [-0.25, -0.2) is 0 Å². The Morgan fingerprint density at radius 3 is 2.63 bits per heavy atom. The number of hydrogen-bond acceptors (Lipinski definition) is 5. The van der Waals surface area contributed by atoms with Gasteiger partial charge in [-0.15, -0.1) is 0 Å². The average Bonchev–Trinajstić information content (AvgIpc) is 3.07. The van der Waals surface area contributed by atoms with Crippen LogP contribution in [0.4, 0.5) is 0 Å². The Bertz CT molecular complexity index is 1020. The molecule has 0 saturated carbocycles. The van der Waals surface area contributed by atoms with Gasteiger partial charge in [-0.1, -0.05) is 11.6 Å². The van der Waals surface area contributed by atoms with E-state index in [2.05, 4.69) is 15.3 Å². The first-order chi connectivity index (χ1) is 13.0. The minimum atomic E-state index is 0.358. The Balaban J connectivity index is 1.81. The molecule has 6 nitrogen and oxygen atoms in total. The predicted octanol–water partition coefficient (Wildman–Crippen LogP) is 4.68. The number of aromatic nitrogens is 3. The third kappa shape index (κ3) is 4.56. The number of rotatable bonds is 6. The Hall–Kier alpha value is -2.64. The van der Waals surface area contributed by atoms with Crippen LogP contribution in [-0.2, 0) is 6.61 Å². The quantitative estimate of drug-likeness (QED) is 0.480. The predicted molar refractivity (Wildman–Crippen MR) is 109 cm³/mol. The molecule has 0 spiro atoms. The summed E-state index contributed by atoms with van der Waals surface area (Å²) in [6.07, 6.45) is 3.21. The second-order valence-electron chi connectivity index (χ2n) is 5.98. The second kappa shape index (κ2) is 8.37. The standard InChI is InChI=1S/C19H19ClN4O2S/c1-12-6-16(7-13(2)18(12)20)26-10-15-8-14(4-5-17(15)25-3)9-22-24-11-21-23-19(24)27/h4-9,11H,10H2,1-3H3,(H,23,27). The first-order valence-corrected chi connectivity index (χ1v) is 8.99. The minimum Gasteiger partial charge on any atom is -0.496 e. The molecular formula is C19H19ClN4O2S. The van der Waals surface area contributed by atoms with Gasteiger partial charge in [-0.05, 0) is 73.1 Å². The van der Waals surface area contributed by atoms with Crippen LogP contribution >= 0.6 is 23.8 Å². The van der Waals surface area contributed by atoms with E-state index in [9.17, 15) is 0 Å². The van der Waals surface area contributed by atoms with Crippen LogP contribution in [0.5, 0.6) is 11.5 Å². The summed E-state index contributed by atoms with van der Waals surface area (Å²) in [4.78, 5) is 0. The Labute approximate surface area is 167 Å². The summed E-state index contributed by atoms with van der Waals surface area (Å²) in [6, 6.07) is 9.60. The van der Waals surface area contributed by atoms with Crippen molar-refractivity contribution in [1.29, 1.82) is 0 Å². The highest BCUT2D eigenvalue weighted by atomic mass is 35.5. The maximum Gasteiger partial charge on any atom is 0.216 e. The molecule has 0 saturated heterocycles. The molecule has 0 fully saturated rings. The van der Waals surface area contributed by atoms with E-state index < -0.39 is 0 Å². The maximum atomic E-state index is 6.22. The Kier molecular flexibility index (Phi) is 5.93. The highest BCUT2D eigenvalue weighted by molar-refractivity contribution is 7.71. The van der Waals surface area contributed by atoms with Crippen molar-refractivity contribution in [3.05, 3.63) is 68.7 Å². The fourth-order valence-electron chi connectivity index (χ4n) is 2.60. The first kappa shape index (κ1) is 19.1. The molecule has 0 atom stereocenters. The van der Waals surface area contributed by atoms with Crippen molar-refractivity contribution in [1.82, 2.24) is 14.9 Å². The molecule has 3 rings (SSSR count). The van der Waals surface area contributed by atoms with Gasteiger partial charge in [0, 0.05) is 10.6 Å². The molecule has 0 aliphatic heterocycles. The van der Waals surface area contributed by atoms with E-state index in [1.165, 1.54) is 11.0 Å². The summed E-state index contributed by atoms with van der Waals surface area (Å²) < 4.78 is 13.3. The molecule has 27 heavy (non-hydrogen) atoms. The van der Waals surface area contributed by atoms with E-state index in [-0.39, 0.29) is 0 Å². The monoisotopic (exact) mass is 402 g/mol. The molecule has 1 heterocycles. The fraction of sp³-hybridized carbons (Fsp3) is 0.211. The van der Waals surface area contributed by atoms with Crippen molar-refractivity contribution < 1.29 is 9.47 Å². The van der Waals surface area contributed by atoms with Gasteiger partial charge in [0.1, 0.15) is 24.4 Å². The fourth-order valence-corrected chi connectivity index (χ4v) is 2.85. The van der Waals surface area contributed by atoms with Crippen LogP contribution in [0.3, 0.4) is 0 Å². The molecule has 8 heteroatoms. The summed E-state index contributed by atoms with van der Waals surface area (Å²) in [5, 5.41) is 11.5. The SMILES string of the molecule is COc1ccc(C=Nn2cn[nH]c2=S)cc1COc1cc(C)c(Cl)c(C)c1. The van der Waals surface area contributed by atoms with Gasteiger partial charge in [0.2, 0.25) is 4.77 Å². The molecule has 1 aromatic heterocycles. The van der Waals surface area contributed by atoms with Gasteiger partial charge in [-0.2, -0.15) is 14.9 Å². The molecule has 2 aromatic carbocycles. The first-order valence-electron chi connectivity index (χ1n) is 8.21. The van der Waals surface area contributed by atoms with Crippen LogP contribution < -0.4 is 9.47 Å². The van der Waals surface area contributed by atoms with Crippen molar-refractivity contribution in [2.45, 2.75) is 20.5 Å². The van der Waals surface area contributed by atoms with Crippen LogP contribution in [0, 0.1) is 18.6 Å². The molecule has 0 aliphatic carbocycles. The third-order valence-electron chi connectivity index (χ3n) is 3.98. The molecule has 140 valence electrons. The lowest BCUT2D eigenvalue weighted by Crippen LogP contribution is -2.01. The van der Waals surface area contributed by atoms with Crippen molar-refractivity contribution in [3.8, 4) is 11.5 Å². The number of H-pyrrole nitrogens is 1. The van der Waals surface area contributed by atoms with Crippen molar-refractivity contribution in [3.63, 3.8) is 0 Å². The average molecular weight is 403 g/mol. The number of ether oxygens (including phenoxy) is 2. The van der Waals surface area contributed by atoms with E-state index >= 15 is 0 Å². The Morgan fingerprint density at radius 1 is 1.26 bits per heavy atom. The lowest BCUT2D eigenvalue weighted by atomic mass is 10.1. The molecule has 0 amide bonds. The van der Waals surface area contributed by atoms with Gasteiger partial charge in [-0.3, -0.25) is 5.10 Å². The zero-order chi connectivity index (χ0) is 19.4. The maximum absolute atomic E-state index is 6.22. The van der Waals surface area contributed by atoms with Crippen molar-refractivity contribution >= 4 is 30.0 Å². The molecule has 0 radical (unpaired) electrons. The number of nitrogens with one attached hydrogen (secondary N) is 1. The number of nitrogens with zero attached hydrogens (tertiary/aromatic N) is 3. The number of benzene rings is 2. The highest BCUT2D eigenvalue weighted by Crippen LogP contribution is 2.27. The van der Waals surface area contributed by atoms with E-state index in [4.69, 9.17) is 33.3 Å². The summed E-state index contributed by atoms with van der Waals surface area (Å²) >= 11 is 11.3. The van der Waals surface area contributed by atoms with Gasteiger partial charge < -0.3 is 9.47 Å². The van der Waals surface area contributed by atoms with Gasteiger partial charge >= 0.3 is 0 Å². The summed E-state index contributed by atoms with van der Waals surface area (Å²) in [7, 11) is 1.63. The molecule has 0 bridgehead atoms. The van der Waals surface area contributed by atoms with Crippen LogP contribution in [-0.4, -0.2) is 28.2 Å². The molecule has 0 unspecified atom stereocenters. The highest BCUT2D eigenvalue weighted by Gasteiger charge is 2.08. The smallest absolute Gasteiger partial charge is 0.216 e. The number of methoxy groups -OCH3 is 1. The molecular weight excluding hydrogens is 384 g/mol. The lowest BCUT2D eigenvalue weighted by Gasteiger charge is -2.13.